The lowest BCUT2D eigenvalue weighted by Gasteiger charge is -2.25. The van der Waals surface area contributed by atoms with Gasteiger partial charge in [0.1, 0.15) is 11.4 Å². The maximum atomic E-state index is 12.7. The molecule has 0 spiro atoms. The third-order valence-corrected chi connectivity index (χ3v) is 5.56. The van der Waals surface area contributed by atoms with E-state index in [-0.39, 0.29) is 32.8 Å². The Labute approximate surface area is 183 Å². The van der Waals surface area contributed by atoms with Crippen LogP contribution in [0.25, 0.3) is 5.65 Å². The molecule has 8 nitrogen and oxygen atoms in total. The summed E-state index contributed by atoms with van der Waals surface area (Å²) in [5.41, 5.74) is 1.23. The van der Waals surface area contributed by atoms with Gasteiger partial charge in [0.2, 0.25) is 0 Å². The van der Waals surface area contributed by atoms with E-state index < -0.39 is 17.2 Å². The summed E-state index contributed by atoms with van der Waals surface area (Å²) >= 11 is 9.23. The fourth-order valence-corrected chi connectivity index (χ4v) is 3.59. The molecular formula is C19H12Cl2N5O3S-. The Balaban J connectivity index is 1.74. The molecule has 152 valence electrons. The molecule has 2 aromatic carbocycles. The first-order valence-electron chi connectivity index (χ1n) is 8.49. The Morgan fingerprint density at radius 3 is 2.57 bits per heavy atom. The van der Waals surface area contributed by atoms with Crippen molar-refractivity contribution in [3.63, 3.8) is 0 Å². The van der Waals surface area contributed by atoms with Crippen molar-refractivity contribution < 1.29 is 13.6 Å². The zero-order chi connectivity index (χ0) is 21.3. The van der Waals surface area contributed by atoms with Crippen LogP contribution in [0.15, 0.2) is 67.0 Å². The monoisotopic (exact) mass is 460 g/mol. The quantitative estimate of drug-likeness (QED) is 0.449. The lowest BCUT2D eigenvalue weighted by Crippen LogP contribution is -2.21. The van der Waals surface area contributed by atoms with E-state index >= 15 is 0 Å². The molecule has 11 heteroatoms. The number of nitrogens with one attached hydrogen (secondary N) is 1. The van der Waals surface area contributed by atoms with Gasteiger partial charge in [-0.05, 0) is 30.3 Å². The highest BCUT2D eigenvalue weighted by atomic mass is 35.5. The molecule has 0 radical (unpaired) electrons. The van der Waals surface area contributed by atoms with Gasteiger partial charge in [-0.25, -0.2) is 9.50 Å². The normalized spacial score (nSPS) is 12.0. The van der Waals surface area contributed by atoms with Crippen LogP contribution in [0.1, 0.15) is 10.4 Å². The van der Waals surface area contributed by atoms with Gasteiger partial charge >= 0.3 is 0 Å². The average molecular weight is 461 g/mol. The van der Waals surface area contributed by atoms with Gasteiger partial charge in [-0.1, -0.05) is 41.4 Å². The highest BCUT2D eigenvalue weighted by molar-refractivity contribution is 7.81. The molecule has 1 N–H and O–H groups in total. The van der Waals surface area contributed by atoms with Crippen LogP contribution in [-0.2, 0) is 11.3 Å². The van der Waals surface area contributed by atoms with E-state index in [1.165, 1.54) is 41.2 Å². The number of carbonyl (C=O) groups excluding carboxylic acids is 1. The zero-order valence-corrected chi connectivity index (χ0v) is 17.4. The highest BCUT2D eigenvalue weighted by Gasteiger charge is 2.18. The molecule has 30 heavy (non-hydrogen) atoms. The first kappa shape index (κ1) is 20.3. The summed E-state index contributed by atoms with van der Waals surface area (Å²) in [6.45, 7) is 0. The number of hydrogen-bond acceptors (Lipinski definition) is 5. The minimum atomic E-state index is -2.71. The van der Waals surface area contributed by atoms with Gasteiger partial charge in [0, 0.05) is 18.0 Å². The Morgan fingerprint density at radius 1 is 1.10 bits per heavy atom. The number of halogens is 2. The molecule has 0 aliphatic carbocycles. The Bertz CT molecular complexity index is 1270. The molecule has 0 aliphatic heterocycles. The third kappa shape index (κ3) is 4.01. The molecule has 0 saturated heterocycles. The molecule has 1 amide bonds. The van der Waals surface area contributed by atoms with E-state index in [1.807, 2.05) is 6.07 Å². The van der Waals surface area contributed by atoms with Crippen molar-refractivity contribution in [1.29, 1.82) is 0 Å². The topological polar surface area (TPSA) is 103 Å². The Kier molecular flexibility index (Phi) is 5.69. The SMILES string of the molecule is O=C(Nc1ccccc1)c1cnn2ccc(N(c3ccc(Cl)c(Cl)c3)S(=O)[O-])nc12. The minimum Gasteiger partial charge on any atom is -0.755 e. The van der Waals surface area contributed by atoms with E-state index in [0.717, 1.165) is 4.31 Å². The maximum absolute atomic E-state index is 12.7. The first-order chi connectivity index (χ1) is 14.4. The van der Waals surface area contributed by atoms with E-state index in [9.17, 15) is 13.6 Å². The number of amides is 1. The number of fused-ring (bicyclic) bond motifs is 1. The second-order valence-electron chi connectivity index (χ2n) is 6.04. The number of para-hydroxylation sites is 1. The smallest absolute Gasteiger partial charge is 0.261 e. The second-order valence-corrected chi connectivity index (χ2v) is 7.66. The van der Waals surface area contributed by atoms with Crippen molar-refractivity contribution in [2.75, 3.05) is 9.62 Å². The molecule has 4 aromatic rings. The van der Waals surface area contributed by atoms with E-state index in [1.54, 1.807) is 24.3 Å². The largest absolute Gasteiger partial charge is 0.755 e. The van der Waals surface area contributed by atoms with Crippen molar-refractivity contribution in [3.05, 3.63) is 82.6 Å². The zero-order valence-electron chi connectivity index (χ0n) is 15.0. The predicted octanol–water partition coefficient (Wildman–Crippen LogP) is 4.22. The Hall–Kier alpha value is -2.98. The summed E-state index contributed by atoms with van der Waals surface area (Å²) < 4.78 is 26.2. The van der Waals surface area contributed by atoms with Crippen LogP contribution in [0.2, 0.25) is 10.0 Å². The van der Waals surface area contributed by atoms with Crippen molar-refractivity contribution in [2.45, 2.75) is 0 Å². The highest BCUT2D eigenvalue weighted by Crippen LogP contribution is 2.31. The molecule has 0 saturated carbocycles. The van der Waals surface area contributed by atoms with Gasteiger partial charge in [0.15, 0.2) is 5.65 Å². The lowest BCUT2D eigenvalue weighted by atomic mass is 10.2. The van der Waals surface area contributed by atoms with Crippen molar-refractivity contribution in [3.8, 4) is 0 Å². The van der Waals surface area contributed by atoms with Gasteiger partial charge in [0.25, 0.3) is 5.91 Å². The van der Waals surface area contributed by atoms with Crippen LogP contribution < -0.4 is 9.62 Å². The van der Waals surface area contributed by atoms with Crippen molar-refractivity contribution in [1.82, 2.24) is 14.6 Å². The number of carbonyl (C=O) groups is 1. The van der Waals surface area contributed by atoms with Gasteiger partial charge in [-0.15, -0.1) is 0 Å². The molecule has 4 rings (SSSR count). The van der Waals surface area contributed by atoms with Gasteiger partial charge in [0.05, 0.1) is 33.2 Å². The fourth-order valence-electron chi connectivity index (χ4n) is 2.76. The maximum Gasteiger partial charge on any atom is 0.261 e. The summed E-state index contributed by atoms with van der Waals surface area (Å²) in [6, 6.07) is 14.7. The molecule has 1 unspecified atom stereocenters. The number of rotatable bonds is 5. The molecule has 0 bridgehead atoms. The van der Waals surface area contributed by atoms with Crippen LogP contribution >= 0.6 is 23.2 Å². The van der Waals surface area contributed by atoms with Crippen LogP contribution in [0, 0.1) is 0 Å². The molecular weight excluding hydrogens is 449 g/mol. The van der Waals surface area contributed by atoms with Crippen LogP contribution in [-0.4, -0.2) is 29.3 Å². The lowest BCUT2D eigenvalue weighted by molar-refractivity contribution is 0.102. The summed E-state index contributed by atoms with van der Waals surface area (Å²) in [6.07, 6.45) is 2.87. The number of benzene rings is 2. The predicted molar refractivity (Wildman–Crippen MR) is 115 cm³/mol. The van der Waals surface area contributed by atoms with Crippen molar-refractivity contribution in [2.24, 2.45) is 0 Å². The van der Waals surface area contributed by atoms with Crippen LogP contribution in [0.5, 0.6) is 0 Å². The molecule has 1 atom stereocenters. The number of anilines is 3. The molecule has 2 aromatic heterocycles. The summed E-state index contributed by atoms with van der Waals surface area (Å²) in [5, 5.41) is 7.34. The third-order valence-electron chi connectivity index (χ3n) is 4.13. The molecule has 0 fully saturated rings. The van der Waals surface area contributed by atoms with E-state index in [0.29, 0.717) is 5.69 Å². The summed E-state index contributed by atoms with van der Waals surface area (Å²) in [5.74, 6) is -0.367. The average Bonchev–Trinajstić information content (AvgIpc) is 3.15. The molecule has 0 aliphatic rings. The van der Waals surface area contributed by atoms with E-state index in [4.69, 9.17) is 23.2 Å². The standard InChI is InChI=1S/C19H13Cl2N5O3S/c20-15-7-6-13(10-16(15)21)26(30(28)29)17-8-9-25-18(24-17)14(11-22-25)19(27)23-12-4-2-1-3-5-12/h1-11H,(H,23,27)(H,28,29)/p-1. The first-order valence-corrected chi connectivity index (χ1v) is 10.3. The van der Waals surface area contributed by atoms with Crippen LogP contribution in [0.3, 0.4) is 0 Å². The fraction of sp³-hybridized carbons (Fsp3) is 0. The molecule has 2 heterocycles. The number of nitrogens with zero attached hydrogens (tertiary/aromatic N) is 4. The van der Waals surface area contributed by atoms with Crippen LogP contribution in [0.4, 0.5) is 17.2 Å². The van der Waals surface area contributed by atoms with Gasteiger partial charge < -0.3 is 9.87 Å². The second kappa shape index (κ2) is 8.41. The minimum absolute atomic E-state index is 0.0588. The Morgan fingerprint density at radius 2 is 1.87 bits per heavy atom. The summed E-state index contributed by atoms with van der Waals surface area (Å²) in [7, 11) is 0. The summed E-state index contributed by atoms with van der Waals surface area (Å²) in [4.78, 5) is 17.0. The van der Waals surface area contributed by atoms with Gasteiger partial charge in [-0.2, -0.15) is 5.10 Å². The number of aromatic nitrogens is 3. The number of hydrogen-bond donors (Lipinski definition) is 1. The van der Waals surface area contributed by atoms with Gasteiger partial charge in [-0.3, -0.25) is 13.3 Å². The van der Waals surface area contributed by atoms with Crippen molar-refractivity contribution >= 4 is 63.2 Å². The van der Waals surface area contributed by atoms with E-state index in [2.05, 4.69) is 15.4 Å².